The number of nitrogens with zero attached hydrogens (tertiary/aromatic N) is 2. The molecule has 0 bridgehead atoms. The molecular formula is C18H14F3N3O2. The van der Waals surface area contributed by atoms with Crippen molar-refractivity contribution in [1.29, 1.82) is 0 Å². The highest BCUT2D eigenvalue weighted by Gasteiger charge is 2.31. The fourth-order valence-corrected chi connectivity index (χ4v) is 3.30. The number of benzene rings is 1. The van der Waals surface area contributed by atoms with Crippen molar-refractivity contribution in [2.75, 3.05) is 19.0 Å². The Labute approximate surface area is 146 Å². The van der Waals surface area contributed by atoms with Gasteiger partial charge in [0.2, 0.25) is 5.95 Å². The van der Waals surface area contributed by atoms with Gasteiger partial charge in [-0.2, -0.15) is 13.8 Å². The van der Waals surface area contributed by atoms with E-state index in [1.54, 1.807) is 12.1 Å². The monoisotopic (exact) mass is 361 g/mol. The second-order valence-corrected chi connectivity index (χ2v) is 5.94. The SMILES string of the molecule is COc1ccc(C(=O)c2c3n(c4c(F)nc(F)c(F)c24)CCCN3)cc1. The number of pyridine rings is 1. The van der Waals surface area contributed by atoms with Gasteiger partial charge in [0.25, 0.3) is 5.95 Å². The van der Waals surface area contributed by atoms with E-state index in [9.17, 15) is 18.0 Å². The lowest BCUT2D eigenvalue weighted by Crippen LogP contribution is -2.19. The molecule has 3 aromatic rings. The normalized spacial score (nSPS) is 13.4. The molecular weight excluding hydrogens is 347 g/mol. The van der Waals surface area contributed by atoms with E-state index in [-0.39, 0.29) is 27.8 Å². The minimum absolute atomic E-state index is 0.0948. The molecule has 0 spiro atoms. The Morgan fingerprint density at radius 1 is 1.19 bits per heavy atom. The Hall–Kier alpha value is -3.03. The molecule has 0 saturated heterocycles. The van der Waals surface area contributed by atoms with E-state index in [0.717, 1.165) is 0 Å². The van der Waals surface area contributed by atoms with Crippen LogP contribution in [-0.4, -0.2) is 29.0 Å². The number of rotatable bonds is 3. The Morgan fingerprint density at radius 3 is 2.62 bits per heavy atom. The van der Waals surface area contributed by atoms with Crippen LogP contribution in [0.1, 0.15) is 22.3 Å². The number of fused-ring (bicyclic) bond motifs is 3. The number of halogens is 3. The summed E-state index contributed by atoms with van der Waals surface area (Å²) in [7, 11) is 1.49. The summed E-state index contributed by atoms with van der Waals surface area (Å²) in [5.74, 6) is -3.75. The molecule has 4 rings (SSSR count). The lowest BCUT2D eigenvalue weighted by atomic mass is 10.0. The summed E-state index contributed by atoms with van der Waals surface area (Å²) in [5.41, 5.74) is -0.0453. The first-order chi connectivity index (χ1) is 12.5. The molecule has 1 aliphatic heterocycles. The van der Waals surface area contributed by atoms with Crippen LogP contribution in [0.25, 0.3) is 10.9 Å². The molecule has 0 saturated carbocycles. The maximum atomic E-state index is 14.5. The lowest BCUT2D eigenvalue weighted by Gasteiger charge is -2.19. The third-order valence-electron chi connectivity index (χ3n) is 4.49. The predicted molar refractivity (Wildman–Crippen MR) is 89.1 cm³/mol. The molecule has 3 heterocycles. The third-order valence-corrected chi connectivity index (χ3v) is 4.49. The molecule has 0 atom stereocenters. The fourth-order valence-electron chi connectivity index (χ4n) is 3.30. The molecule has 0 radical (unpaired) electrons. The van der Waals surface area contributed by atoms with Crippen molar-refractivity contribution in [3.63, 3.8) is 0 Å². The maximum absolute atomic E-state index is 14.5. The zero-order valence-corrected chi connectivity index (χ0v) is 13.8. The number of carbonyl (C=O) groups is 1. The van der Waals surface area contributed by atoms with Crippen LogP contribution in [0.2, 0.25) is 0 Å². The number of aromatic nitrogens is 2. The van der Waals surface area contributed by atoms with Gasteiger partial charge in [-0.25, -0.2) is 4.39 Å². The molecule has 1 aliphatic rings. The Bertz CT molecular complexity index is 1030. The molecule has 134 valence electrons. The average Bonchev–Trinajstić information content (AvgIpc) is 3.01. The fraction of sp³-hybridized carbons (Fsp3) is 0.222. The third kappa shape index (κ3) is 2.33. The highest BCUT2D eigenvalue weighted by Crippen LogP contribution is 2.37. The Morgan fingerprint density at radius 2 is 1.92 bits per heavy atom. The van der Waals surface area contributed by atoms with Gasteiger partial charge >= 0.3 is 0 Å². The highest BCUT2D eigenvalue weighted by molar-refractivity contribution is 6.20. The minimum Gasteiger partial charge on any atom is -0.497 e. The van der Waals surface area contributed by atoms with Crippen molar-refractivity contribution in [3.8, 4) is 5.75 Å². The van der Waals surface area contributed by atoms with E-state index < -0.39 is 23.5 Å². The van der Waals surface area contributed by atoms with Crippen LogP contribution in [0.15, 0.2) is 24.3 Å². The van der Waals surface area contributed by atoms with Gasteiger partial charge in [0.05, 0.1) is 18.1 Å². The standard InChI is InChI=1S/C18H14F3N3O2/c1-26-10-5-3-9(4-6-10)15(25)12-11-13(19)16(20)23-17(21)14(11)24-8-2-7-22-18(12)24/h3-6,22H,2,7-8H2,1H3. The van der Waals surface area contributed by atoms with Crippen molar-refractivity contribution in [1.82, 2.24) is 9.55 Å². The number of methoxy groups -OCH3 is 1. The molecule has 5 nitrogen and oxygen atoms in total. The van der Waals surface area contributed by atoms with Gasteiger partial charge < -0.3 is 14.6 Å². The van der Waals surface area contributed by atoms with Crippen LogP contribution in [0, 0.1) is 17.7 Å². The summed E-state index contributed by atoms with van der Waals surface area (Å²) in [4.78, 5) is 16.0. The van der Waals surface area contributed by atoms with Crippen molar-refractivity contribution in [3.05, 3.63) is 53.1 Å². The lowest BCUT2D eigenvalue weighted by molar-refractivity contribution is 0.104. The van der Waals surface area contributed by atoms with Gasteiger partial charge in [-0.05, 0) is 30.7 Å². The largest absolute Gasteiger partial charge is 0.497 e. The Kier molecular flexibility index (Phi) is 3.82. The number of aryl methyl sites for hydroxylation is 1. The summed E-state index contributed by atoms with van der Waals surface area (Å²) < 4.78 is 49.0. The van der Waals surface area contributed by atoms with Crippen LogP contribution >= 0.6 is 0 Å². The summed E-state index contributed by atoms with van der Waals surface area (Å²) in [6.45, 7) is 0.913. The molecule has 8 heteroatoms. The van der Waals surface area contributed by atoms with Crippen molar-refractivity contribution in [2.45, 2.75) is 13.0 Å². The number of carbonyl (C=O) groups excluding carboxylic acids is 1. The van der Waals surface area contributed by atoms with Gasteiger partial charge in [-0.3, -0.25) is 4.79 Å². The molecule has 2 aromatic heterocycles. The first-order valence-electron chi connectivity index (χ1n) is 8.02. The van der Waals surface area contributed by atoms with Gasteiger partial charge in [0.15, 0.2) is 11.6 Å². The van der Waals surface area contributed by atoms with Gasteiger partial charge in [0, 0.05) is 18.7 Å². The zero-order chi connectivity index (χ0) is 18.4. The predicted octanol–water partition coefficient (Wildman–Crippen LogP) is 3.51. The van der Waals surface area contributed by atoms with E-state index in [1.165, 1.54) is 23.8 Å². The number of nitrogens with one attached hydrogen (secondary N) is 1. The summed E-state index contributed by atoms with van der Waals surface area (Å²) >= 11 is 0. The van der Waals surface area contributed by atoms with E-state index in [0.29, 0.717) is 25.3 Å². The number of anilines is 1. The van der Waals surface area contributed by atoms with E-state index >= 15 is 0 Å². The Balaban J connectivity index is 2.00. The van der Waals surface area contributed by atoms with Crippen LogP contribution in [-0.2, 0) is 6.54 Å². The van der Waals surface area contributed by atoms with Crippen LogP contribution in [0.3, 0.4) is 0 Å². The second-order valence-electron chi connectivity index (χ2n) is 5.94. The molecule has 0 amide bonds. The number of hydrogen-bond donors (Lipinski definition) is 1. The molecule has 0 aliphatic carbocycles. The first kappa shape index (κ1) is 16.4. The number of ether oxygens (including phenoxy) is 1. The van der Waals surface area contributed by atoms with E-state index in [2.05, 4.69) is 10.3 Å². The minimum atomic E-state index is -1.57. The van der Waals surface area contributed by atoms with Crippen molar-refractivity contribution < 1.29 is 22.7 Å². The first-order valence-corrected chi connectivity index (χ1v) is 8.02. The highest BCUT2D eigenvalue weighted by atomic mass is 19.2. The maximum Gasteiger partial charge on any atom is 0.252 e. The van der Waals surface area contributed by atoms with E-state index in [4.69, 9.17) is 4.74 Å². The molecule has 0 fully saturated rings. The van der Waals surface area contributed by atoms with Crippen molar-refractivity contribution >= 4 is 22.5 Å². The number of ketones is 1. The van der Waals surface area contributed by atoms with Crippen LogP contribution < -0.4 is 10.1 Å². The molecule has 0 unspecified atom stereocenters. The van der Waals surface area contributed by atoms with Gasteiger partial charge in [-0.15, -0.1) is 0 Å². The van der Waals surface area contributed by atoms with Crippen LogP contribution in [0.4, 0.5) is 19.0 Å². The van der Waals surface area contributed by atoms with Crippen LogP contribution in [0.5, 0.6) is 5.75 Å². The van der Waals surface area contributed by atoms with E-state index in [1.807, 2.05) is 0 Å². The average molecular weight is 361 g/mol. The summed E-state index contributed by atoms with van der Waals surface area (Å²) in [6.07, 6.45) is 0.658. The molecule has 1 aromatic carbocycles. The molecule has 26 heavy (non-hydrogen) atoms. The zero-order valence-electron chi connectivity index (χ0n) is 13.8. The second kappa shape index (κ2) is 6.05. The van der Waals surface area contributed by atoms with Gasteiger partial charge in [-0.1, -0.05) is 0 Å². The number of hydrogen-bond acceptors (Lipinski definition) is 4. The van der Waals surface area contributed by atoms with Crippen molar-refractivity contribution in [2.24, 2.45) is 0 Å². The molecule has 1 N–H and O–H groups in total. The van der Waals surface area contributed by atoms with Gasteiger partial charge in [0.1, 0.15) is 17.1 Å². The summed E-state index contributed by atoms with van der Waals surface area (Å²) in [5, 5.41) is 2.61. The smallest absolute Gasteiger partial charge is 0.252 e. The summed E-state index contributed by atoms with van der Waals surface area (Å²) in [6, 6.07) is 6.21. The topological polar surface area (TPSA) is 56.2 Å². The quantitative estimate of drug-likeness (QED) is 0.573.